The van der Waals surface area contributed by atoms with Crippen LogP contribution in [0.2, 0.25) is 5.15 Å². The minimum Gasteiger partial charge on any atom is -0.259 e. The van der Waals surface area contributed by atoms with Crippen molar-refractivity contribution >= 4 is 23.4 Å². The fourth-order valence-corrected chi connectivity index (χ4v) is 0.977. The van der Waals surface area contributed by atoms with E-state index in [1.165, 1.54) is 18.0 Å². The normalized spacial score (nSPS) is 9.56. The summed E-state index contributed by atoms with van der Waals surface area (Å²) in [6, 6.07) is 0. The largest absolute Gasteiger partial charge is 0.259 e. The van der Waals surface area contributed by atoms with Gasteiger partial charge in [-0.1, -0.05) is 11.6 Å². The lowest BCUT2D eigenvalue weighted by molar-refractivity contribution is 1.06. The minimum absolute atomic E-state index is 0.446. The molecule has 0 atom stereocenters. The van der Waals surface area contributed by atoms with E-state index in [4.69, 9.17) is 11.6 Å². The van der Waals surface area contributed by atoms with Crippen LogP contribution in [0.4, 0.5) is 0 Å². The molecule has 4 heteroatoms. The van der Waals surface area contributed by atoms with E-state index in [1.54, 1.807) is 6.20 Å². The molecule has 0 bridgehead atoms. The van der Waals surface area contributed by atoms with E-state index in [1.807, 2.05) is 6.26 Å². The van der Waals surface area contributed by atoms with Crippen molar-refractivity contribution in [1.29, 1.82) is 0 Å². The lowest BCUT2D eigenvalue weighted by Crippen LogP contribution is -1.80. The van der Waals surface area contributed by atoms with E-state index >= 15 is 0 Å². The van der Waals surface area contributed by atoms with Crippen molar-refractivity contribution in [2.45, 2.75) is 5.03 Å². The van der Waals surface area contributed by atoms with E-state index in [0.717, 1.165) is 5.03 Å². The molecule has 0 spiro atoms. The molecule has 0 aliphatic rings. The van der Waals surface area contributed by atoms with Crippen LogP contribution in [0.15, 0.2) is 17.4 Å². The van der Waals surface area contributed by atoms with Crippen LogP contribution in [0.3, 0.4) is 0 Å². The molecule has 0 aromatic carbocycles. The summed E-state index contributed by atoms with van der Waals surface area (Å²) in [5.74, 6) is 0. The Bertz CT molecular complexity index is 204. The molecule has 1 rings (SSSR count). The maximum atomic E-state index is 5.54. The average molecular weight is 161 g/mol. The fourth-order valence-electron chi connectivity index (χ4n) is 0.424. The molecular weight excluding hydrogens is 156 g/mol. The number of nitrogens with zero attached hydrogens (tertiary/aromatic N) is 2. The first kappa shape index (κ1) is 6.83. The number of thioether (sulfide) groups is 1. The summed E-state index contributed by atoms with van der Waals surface area (Å²) in [7, 11) is 0. The van der Waals surface area contributed by atoms with Gasteiger partial charge in [-0.2, -0.15) is 0 Å². The van der Waals surface area contributed by atoms with E-state index in [0.29, 0.717) is 5.15 Å². The Morgan fingerprint density at radius 1 is 1.56 bits per heavy atom. The Morgan fingerprint density at radius 3 is 2.78 bits per heavy atom. The molecule has 0 radical (unpaired) electrons. The number of hydrogen-bond donors (Lipinski definition) is 0. The molecule has 0 N–H and O–H groups in total. The van der Waals surface area contributed by atoms with Crippen molar-refractivity contribution in [2.75, 3.05) is 6.26 Å². The molecule has 1 heterocycles. The quantitative estimate of drug-likeness (QED) is 0.587. The van der Waals surface area contributed by atoms with Crippen LogP contribution < -0.4 is 0 Å². The number of rotatable bonds is 1. The molecule has 48 valence electrons. The summed E-state index contributed by atoms with van der Waals surface area (Å²) >= 11 is 7.06. The monoisotopic (exact) mass is 160 g/mol. The highest BCUT2D eigenvalue weighted by Gasteiger charge is 1.91. The lowest BCUT2D eigenvalue weighted by Gasteiger charge is -1.91. The van der Waals surface area contributed by atoms with Gasteiger partial charge in [0.05, 0.1) is 12.4 Å². The first-order valence-corrected chi connectivity index (χ1v) is 3.95. The molecule has 0 amide bonds. The van der Waals surface area contributed by atoms with Crippen molar-refractivity contribution in [2.24, 2.45) is 0 Å². The van der Waals surface area contributed by atoms with Gasteiger partial charge in [-0.25, -0.2) is 4.98 Å². The highest BCUT2D eigenvalue weighted by Crippen LogP contribution is 2.11. The standard InChI is InChI=1S/C5H5ClN2S/c1-9-5-3-7-2-4(6)8-5/h2-3H,1H3. The smallest absolute Gasteiger partial charge is 0.148 e. The first-order valence-electron chi connectivity index (χ1n) is 2.34. The molecular formula is C5H5ClN2S. The molecule has 0 fully saturated rings. The average Bonchev–Trinajstić information content (AvgIpc) is 1.88. The number of halogens is 1. The van der Waals surface area contributed by atoms with Crippen LogP contribution in [-0.2, 0) is 0 Å². The van der Waals surface area contributed by atoms with E-state index in [-0.39, 0.29) is 0 Å². The van der Waals surface area contributed by atoms with Gasteiger partial charge in [0.25, 0.3) is 0 Å². The highest BCUT2D eigenvalue weighted by atomic mass is 35.5. The third-order valence-electron chi connectivity index (χ3n) is 0.792. The van der Waals surface area contributed by atoms with Gasteiger partial charge in [-0.3, -0.25) is 4.98 Å². The Labute approximate surface area is 62.7 Å². The Morgan fingerprint density at radius 2 is 2.33 bits per heavy atom. The Hall–Kier alpha value is -0.280. The zero-order valence-electron chi connectivity index (χ0n) is 4.84. The van der Waals surface area contributed by atoms with Gasteiger partial charge in [0.1, 0.15) is 10.2 Å². The third kappa shape index (κ3) is 1.84. The maximum Gasteiger partial charge on any atom is 0.148 e. The lowest BCUT2D eigenvalue weighted by atomic mass is 10.8. The molecule has 1 aromatic rings. The van der Waals surface area contributed by atoms with Gasteiger partial charge in [-0.05, 0) is 6.26 Å². The predicted octanol–water partition coefficient (Wildman–Crippen LogP) is 1.85. The highest BCUT2D eigenvalue weighted by molar-refractivity contribution is 7.98. The van der Waals surface area contributed by atoms with Gasteiger partial charge in [0.2, 0.25) is 0 Å². The summed E-state index contributed by atoms with van der Waals surface area (Å²) < 4.78 is 0. The van der Waals surface area contributed by atoms with Gasteiger partial charge in [0, 0.05) is 0 Å². The van der Waals surface area contributed by atoms with Gasteiger partial charge >= 0.3 is 0 Å². The maximum absolute atomic E-state index is 5.54. The molecule has 0 saturated carbocycles. The first-order chi connectivity index (χ1) is 4.33. The zero-order chi connectivity index (χ0) is 6.69. The summed E-state index contributed by atoms with van der Waals surface area (Å²) in [6.07, 6.45) is 5.12. The SMILES string of the molecule is CSc1cncc(Cl)n1. The summed E-state index contributed by atoms with van der Waals surface area (Å²) in [5.41, 5.74) is 0. The van der Waals surface area contributed by atoms with E-state index < -0.39 is 0 Å². The van der Waals surface area contributed by atoms with Crippen LogP contribution in [0.25, 0.3) is 0 Å². The summed E-state index contributed by atoms with van der Waals surface area (Å²) in [6.45, 7) is 0. The fraction of sp³-hybridized carbons (Fsp3) is 0.200. The Kier molecular flexibility index (Phi) is 2.30. The molecule has 2 nitrogen and oxygen atoms in total. The van der Waals surface area contributed by atoms with Crippen LogP contribution >= 0.6 is 23.4 Å². The van der Waals surface area contributed by atoms with Crippen molar-refractivity contribution in [3.05, 3.63) is 17.5 Å². The van der Waals surface area contributed by atoms with Crippen molar-refractivity contribution in [1.82, 2.24) is 9.97 Å². The van der Waals surface area contributed by atoms with E-state index in [9.17, 15) is 0 Å². The van der Waals surface area contributed by atoms with Crippen LogP contribution in [0, 0.1) is 0 Å². The van der Waals surface area contributed by atoms with E-state index in [2.05, 4.69) is 9.97 Å². The molecule has 0 unspecified atom stereocenters. The van der Waals surface area contributed by atoms with Crippen molar-refractivity contribution in [3.63, 3.8) is 0 Å². The number of aromatic nitrogens is 2. The summed E-state index contributed by atoms with van der Waals surface area (Å²) in [5, 5.41) is 1.30. The number of hydrogen-bond acceptors (Lipinski definition) is 3. The van der Waals surface area contributed by atoms with Crippen LogP contribution in [0.1, 0.15) is 0 Å². The van der Waals surface area contributed by atoms with Crippen LogP contribution in [0.5, 0.6) is 0 Å². The zero-order valence-corrected chi connectivity index (χ0v) is 6.41. The minimum atomic E-state index is 0.446. The van der Waals surface area contributed by atoms with Gasteiger partial charge in [0.15, 0.2) is 0 Å². The van der Waals surface area contributed by atoms with Crippen LogP contribution in [-0.4, -0.2) is 16.2 Å². The second-order valence-electron chi connectivity index (χ2n) is 1.38. The van der Waals surface area contributed by atoms with Crippen molar-refractivity contribution in [3.8, 4) is 0 Å². The molecule has 9 heavy (non-hydrogen) atoms. The molecule has 0 saturated heterocycles. The van der Waals surface area contributed by atoms with Gasteiger partial charge < -0.3 is 0 Å². The third-order valence-corrected chi connectivity index (χ3v) is 1.59. The molecule has 1 aromatic heterocycles. The van der Waals surface area contributed by atoms with Crippen molar-refractivity contribution < 1.29 is 0 Å². The topological polar surface area (TPSA) is 25.8 Å². The summed E-state index contributed by atoms with van der Waals surface area (Å²) in [4.78, 5) is 7.80. The molecule has 0 aliphatic heterocycles. The molecule has 0 aliphatic carbocycles. The predicted molar refractivity (Wildman–Crippen MR) is 38.8 cm³/mol. The van der Waals surface area contributed by atoms with Gasteiger partial charge in [-0.15, -0.1) is 11.8 Å². The second kappa shape index (κ2) is 3.03. The second-order valence-corrected chi connectivity index (χ2v) is 2.60. The Balaban J connectivity index is 2.94.